The number of urea groups is 1. The van der Waals surface area contributed by atoms with E-state index in [2.05, 4.69) is 28.7 Å². The number of carbonyl (C=O) groups is 1. The van der Waals surface area contributed by atoms with Crippen LogP contribution in [0.3, 0.4) is 0 Å². The minimum absolute atomic E-state index is 0.0584. The van der Waals surface area contributed by atoms with Crippen molar-refractivity contribution in [2.75, 3.05) is 314 Å². The lowest BCUT2D eigenvalue weighted by atomic mass is 10.0. The molecule has 46 heteroatoms. The molecule has 0 aromatic heterocycles. The number of piperidine rings is 1. The van der Waals surface area contributed by atoms with E-state index in [9.17, 15) is 72.1 Å². The minimum atomic E-state index is -3.45. The molecule has 8 aliphatic heterocycles. The molecule has 0 unspecified atom stereocenters. The summed E-state index contributed by atoms with van der Waals surface area (Å²) in [5.41, 5.74) is 0. The summed E-state index contributed by atoms with van der Waals surface area (Å²) in [5, 5.41) is 0. The number of piperazine rings is 1. The molecule has 0 radical (unpaired) electrons. The van der Waals surface area contributed by atoms with E-state index in [1.54, 1.807) is 110 Å². The van der Waals surface area contributed by atoms with Crippen LogP contribution in [0.2, 0.25) is 0 Å². The van der Waals surface area contributed by atoms with Gasteiger partial charge in [-0.2, -0.15) is 131 Å². The summed E-state index contributed by atoms with van der Waals surface area (Å²) in [6, 6.07) is 0.135. The van der Waals surface area contributed by atoms with Crippen molar-refractivity contribution in [3.05, 3.63) is 0 Å². The molecule has 0 aromatic rings. The van der Waals surface area contributed by atoms with Crippen LogP contribution < -0.4 is 0 Å². The molecule has 2 amide bonds. The molecule has 8 saturated heterocycles. The van der Waals surface area contributed by atoms with Crippen molar-refractivity contribution < 1.29 is 76.9 Å². The van der Waals surface area contributed by atoms with Crippen LogP contribution in [0.15, 0.2) is 0 Å². The first kappa shape index (κ1) is 98.5. The Hall–Kier alpha value is -1.50. The van der Waals surface area contributed by atoms with Crippen molar-refractivity contribution >= 4 is 99.1 Å². The summed E-state index contributed by atoms with van der Waals surface area (Å²) in [6.07, 6.45) is 5.93. The van der Waals surface area contributed by atoms with Gasteiger partial charge in [-0.25, -0.2) is 13.2 Å². The topological polar surface area (TPSA) is 361 Å². The molecular weight excluding hydrogens is 1520 g/mol. The van der Waals surface area contributed by atoms with E-state index in [-0.39, 0.29) is 30.6 Å². The lowest BCUT2D eigenvalue weighted by molar-refractivity contribution is 0.0710. The van der Waals surface area contributed by atoms with Crippen molar-refractivity contribution in [1.82, 2.24) is 84.8 Å². The zero-order valence-corrected chi connectivity index (χ0v) is 72.0. The van der Waals surface area contributed by atoms with Crippen LogP contribution >= 0.6 is 11.8 Å². The van der Waals surface area contributed by atoms with Gasteiger partial charge < -0.3 is 29.2 Å². The van der Waals surface area contributed by atoms with E-state index in [0.29, 0.717) is 97.7 Å². The quantitative estimate of drug-likeness (QED) is 0.164. The van der Waals surface area contributed by atoms with E-state index >= 15 is 0 Å². The Morgan fingerprint density at radius 2 is 0.598 bits per heavy atom. The Kier molecular flexibility index (Phi) is 44.0. The molecule has 102 heavy (non-hydrogen) atoms. The number of thioether (sulfide) groups is 1. The fourth-order valence-corrected chi connectivity index (χ4v) is 20.4. The maximum atomic E-state index is 11.8. The number of carbonyl (C=O) groups excluding carboxylic acids is 1. The standard InChI is InChI=1S/C9H19N3O.C8H19N3O2S.C8H18N2O2S.C7H17N3O2S.C6H14N2O4S2.C6H14N2O3S.C6H14N2O2S2.C6H14N2O2S/c1-10(2)9(13)12-6-4-5-11(3)7-8-12;1-9(2)14(12,13)11-6-4-5-10(3)7-8-11;1-8-4-6-10(7-5-8)13(11,12)9(2)3;1-8(2)13(11,12)10-6-4-9(3)5-7-10;1-7(2)14(11,12)8-3-5-13(9,10)6-4-8;2*1-7(2)12(9,10)8-3-5-11-6-4-8;1-7(2)11(9,10)8-5-3-4-6-8/h4-8H2,1-3H3;4-8H2,1-3H3;8H,4-7H2,1-3H3;4-7H2,1-3H3;3-6H2,1-2H3;2*3-6H2,1-2H3;3-6H2,1-2H3. The summed E-state index contributed by atoms with van der Waals surface area (Å²) in [7, 11) is 5.84. The van der Waals surface area contributed by atoms with Gasteiger partial charge in [0, 0.05) is 255 Å². The second kappa shape index (κ2) is 45.6. The monoisotopic (exact) mass is 1640 g/mol. The zero-order valence-electron chi connectivity index (χ0n) is 64.6. The Morgan fingerprint density at radius 3 is 0.941 bits per heavy atom. The highest BCUT2D eigenvalue weighted by molar-refractivity contribution is 7.99. The van der Waals surface area contributed by atoms with Crippen LogP contribution in [0.5, 0.6) is 0 Å². The van der Waals surface area contributed by atoms with Crippen LogP contribution in [0.4, 0.5) is 4.79 Å². The predicted octanol–water partition coefficient (Wildman–Crippen LogP) is -3.32. The molecular formula is C56H129N19O18S9. The second-order valence-electron chi connectivity index (χ2n) is 26.9. The average Bonchev–Trinajstić information content (AvgIpc) is 1.10. The van der Waals surface area contributed by atoms with Gasteiger partial charge in [-0.05, 0) is 78.7 Å². The van der Waals surface area contributed by atoms with E-state index < -0.39 is 81.3 Å². The lowest BCUT2D eigenvalue weighted by Gasteiger charge is -2.32. The van der Waals surface area contributed by atoms with Crippen LogP contribution in [-0.4, -0.2) is 472 Å². The van der Waals surface area contributed by atoms with Gasteiger partial charge >= 0.3 is 6.03 Å². The molecule has 0 saturated carbocycles. The molecule has 0 spiro atoms. The highest BCUT2D eigenvalue weighted by atomic mass is 32.2. The number of likely N-dealkylation sites (N-methyl/N-ethyl adjacent to an activating group) is 3. The van der Waals surface area contributed by atoms with E-state index in [0.717, 1.165) is 107 Å². The number of nitrogens with zero attached hydrogens (tertiary/aromatic N) is 19. The molecule has 8 aliphatic rings. The minimum Gasteiger partial charge on any atom is -0.379 e. The molecule has 37 nitrogen and oxygen atoms in total. The fourth-order valence-electron chi connectivity index (χ4n) is 10.0. The number of hydrogen-bond donors (Lipinski definition) is 0. The molecule has 0 bridgehead atoms. The normalized spacial score (nSPS) is 22.0. The first-order valence-corrected chi connectivity index (χ1v) is 46.7. The largest absolute Gasteiger partial charge is 0.379 e. The van der Waals surface area contributed by atoms with Gasteiger partial charge in [0.2, 0.25) is 0 Å². The molecule has 0 atom stereocenters. The highest BCUT2D eigenvalue weighted by Gasteiger charge is 2.34. The van der Waals surface area contributed by atoms with E-state index in [1.807, 2.05) is 19.0 Å². The second-order valence-corrected chi connectivity index (χ2v) is 45.4. The van der Waals surface area contributed by atoms with Crippen molar-refractivity contribution in [2.45, 2.75) is 45.4 Å². The number of sulfone groups is 1. The van der Waals surface area contributed by atoms with Gasteiger partial charge in [0.05, 0.1) is 24.7 Å². The SMILES string of the molecule is CC1CCN(S(=O)(=O)N(C)C)CC1.CN(C)S(=O)(=O)N1CCCC1.CN(C)S(=O)(=O)N1CCOCC1.CN(C)S(=O)(=O)N1CCS(=O)(=O)CC1.CN(C)S(=O)(=O)N1CCSCC1.CN1CCCN(C(=O)N(C)C)CC1.CN1CCCN(S(=O)(=O)N(C)C)CC1.CN1CCN(S(=O)(=O)N(C)C)CC1. The third-order valence-corrected chi connectivity index (χ3v) is 33.2. The maximum absolute atomic E-state index is 11.8. The van der Waals surface area contributed by atoms with Gasteiger partial charge in [-0.3, -0.25) is 0 Å². The summed E-state index contributed by atoms with van der Waals surface area (Å²) in [6.45, 7) is 17.8. The first-order chi connectivity index (χ1) is 46.8. The third-order valence-electron chi connectivity index (χ3n) is 17.1. The Morgan fingerprint density at radius 1 is 0.333 bits per heavy atom. The molecule has 0 aromatic carbocycles. The first-order valence-electron chi connectivity index (χ1n) is 34.0. The number of ether oxygens (including phenoxy) is 1. The number of amides is 2. The molecule has 8 rings (SSSR count). The zero-order chi connectivity index (χ0) is 78.6. The van der Waals surface area contributed by atoms with E-state index in [1.165, 1.54) is 75.5 Å². The molecule has 610 valence electrons. The number of morpholine rings is 1. The number of rotatable bonds is 14. The summed E-state index contributed by atoms with van der Waals surface area (Å²) in [5.74, 6) is 2.31. The summed E-state index contributed by atoms with van der Waals surface area (Å²) in [4.78, 5) is 21.7. The van der Waals surface area contributed by atoms with Crippen molar-refractivity contribution in [3.8, 4) is 0 Å². The van der Waals surface area contributed by atoms with Crippen LogP contribution in [0.1, 0.15) is 45.4 Å². The molecule has 8 fully saturated rings. The van der Waals surface area contributed by atoms with Crippen LogP contribution in [-0.2, 0) is 86.0 Å². The van der Waals surface area contributed by atoms with Gasteiger partial charge in [-0.15, -0.1) is 0 Å². The van der Waals surface area contributed by atoms with Gasteiger partial charge in [0.1, 0.15) is 0 Å². The Bertz CT molecular complexity index is 3250. The molecule has 0 aliphatic carbocycles. The predicted molar refractivity (Wildman–Crippen MR) is 406 cm³/mol. The fraction of sp³-hybridized carbons (Fsp3) is 0.982. The third kappa shape index (κ3) is 33.4. The number of hydrogen-bond acceptors (Lipinski definition) is 22. The van der Waals surface area contributed by atoms with Crippen molar-refractivity contribution in [2.24, 2.45) is 5.92 Å². The van der Waals surface area contributed by atoms with Gasteiger partial charge in [0.25, 0.3) is 71.5 Å². The van der Waals surface area contributed by atoms with Crippen molar-refractivity contribution in [3.63, 3.8) is 0 Å². The van der Waals surface area contributed by atoms with Crippen LogP contribution in [0.25, 0.3) is 0 Å². The van der Waals surface area contributed by atoms with Gasteiger partial charge in [0.15, 0.2) is 9.84 Å². The van der Waals surface area contributed by atoms with Crippen LogP contribution in [0, 0.1) is 5.92 Å². The summed E-state index contributed by atoms with van der Waals surface area (Å²) < 4.78 is 208. The summed E-state index contributed by atoms with van der Waals surface area (Å²) >= 11 is 1.80. The van der Waals surface area contributed by atoms with Crippen molar-refractivity contribution in [1.29, 1.82) is 0 Å². The lowest BCUT2D eigenvalue weighted by Crippen LogP contribution is -2.50. The average molecular weight is 1650 g/mol. The maximum Gasteiger partial charge on any atom is 0.319 e. The smallest absolute Gasteiger partial charge is 0.319 e. The Labute approximate surface area is 622 Å². The molecule has 0 N–H and O–H groups in total. The van der Waals surface area contributed by atoms with Gasteiger partial charge in [-0.1, -0.05) is 6.92 Å². The Balaban J connectivity index is 0.000000583. The van der Waals surface area contributed by atoms with E-state index in [4.69, 9.17) is 4.74 Å². The highest BCUT2D eigenvalue weighted by Crippen LogP contribution is 2.20. The molecule has 8 heterocycles.